The molecule has 0 bridgehead atoms. The monoisotopic (exact) mass is 728 g/mol. The fourth-order valence-corrected chi connectivity index (χ4v) is 5.24. The number of nitrogens with zero attached hydrogens (tertiary/aromatic N) is 8. The van der Waals surface area contributed by atoms with Crippen LogP contribution in [0, 0.1) is 5.92 Å². The maximum Gasteiger partial charge on any atom is 0.450 e. The van der Waals surface area contributed by atoms with Crippen LogP contribution in [-0.4, -0.2) is 66.3 Å². The van der Waals surface area contributed by atoms with E-state index in [-0.39, 0.29) is 33.7 Å². The van der Waals surface area contributed by atoms with Crippen LogP contribution in [0.3, 0.4) is 0 Å². The third-order valence-corrected chi connectivity index (χ3v) is 8.07. The smallest absolute Gasteiger partial charge is 0.450 e. The highest BCUT2D eigenvalue weighted by Gasteiger charge is 2.39. The van der Waals surface area contributed by atoms with Crippen LogP contribution < -0.4 is 20.1 Å². The number of unbranched alkanes of at least 4 members (excludes halogenated alkanes) is 1. The normalized spacial score (nSPS) is 13.2. The third kappa shape index (κ3) is 8.10. The zero-order valence-corrected chi connectivity index (χ0v) is 28.3. The molecule has 0 saturated heterocycles. The van der Waals surface area contributed by atoms with Crippen molar-refractivity contribution in [3.63, 3.8) is 0 Å². The SMILES string of the molecule is CCCCNc1cnc(-n2c(C(F)(F)F)nc3cc(OC)ccc32)cn1.COc1ccc2c(c1)nc(C(F)(F)F)n2-c1cnc(NCC2CC2)cn1. The minimum atomic E-state index is -4.63. The molecule has 1 saturated carbocycles. The first-order chi connectivity index (χ1) is 24.9. The number of anilines is 2. The van der Waals surface area contributed by atoms with Gasteiger partial charge in [0.2, 0.25) is 11.6 Å². The molecule has 1 aliphatic carbocycles. The summed E-state index contributed by atoms with van der Waals surface area (Å²) in [6.45, 7) is 3.59. The second-order valence-corrected chi connectivity index (χ2v) is 11.9. The van der Waals surface area contributed by atoms with Gasteiger partial charge in [0.25, 0.3) is 0 Å². The minimum Gasteiger partial charge on any atom is -0.497 e. The fraction of sp³-hybridized carbons (Fsp3) is 0.353. The summed E-state index contributed by atoms with van der Waals surface area (Å²) < 4.78 is 92.9. The molecular weight excluding hydrogens is 694 g/mol. The van der Waals surface area contributed by atoms with E-state index >= 15 is 0 Å². The lowest BCUT2D eigenvalue weighted by molar-refractivity contribution is -0.146. The minimum absolute atomic E-state index is 0.0473. The number of ether oxygens (including phenoxy) is 2. The molecule has 0 spiro atoms. The summed E-state index contributed by atoms with van der Waals surface area (Å²) in [5.74, 6) is 0.575. The number of aromatic nitrogens is 8. The van der Waals surface area contributed by atoms with Crippen LogP contribution in [0.15, 0.2) is 61.2 Å². The van der Waals surface area contributed by atoms with Gasteiger partial charge < -0.3 is 20.1 Å². The van der Waals surface area contributed by atoms with E-state index in [4.69, 9.17) is 9.47 Å². The summed E-state index contributed by atoms with van der Waals surface area (Å²) in [5.41, 5.74) is 0.906. The van der Waals surface area contributed by atoms with Crippen LogP contribution in [0.25, 0.3) is 33.7 Å². The molecule has 4 aromatic heterocycles. The molecule has 2 aromatic carbocycles. The molecule has 18 heteroatoms. The van der Waals surface area contributed by atoms with E-state index in [0.29, 0.717) is 29.1 Å². The molecule has 7 rings (SSSR count). The zero-order valence-electron chi connectivity index (χ0n) is 28.3. The summed E-state index contributed by atoms with van der Waals surface area (Å²) in [5, 5.41) is 6.22. The third-order valence-electron chi connectivity index (χ3n) is 8.07. The molecule has 0 atom stereocenters. The molecule has 12 nitrogen and oxygen atoms in total. The van der Waals surface area contributed by atoms with Crippen molar-refractivity contribution in [1.82, 2.24) is 39.0 Å². The van der Waals surface area contributed by atoms with Crippen molar-refractivity contribution < 1.29 is 35.8 Å². The molecule has 1 fully saturated rings. The molecule has 0 aliphatic heterocycles. The van der Waals surface area contributed by atoms with Gasteiger partial charge in [0.1, 0.15) is 23.1 Å². The molecule has 6 aromatic rings. The maximum atomic E-state index is 13.5. The quantitative estimate of drug-likeness (QED) is 0.101. The fourth-order valence-electron chi connectivity index (χ4n) is 5.24. The largest absolute Gasteiger partial charge is 0.497 e. The van der Waals surface area contributed by atoms with Crippen molar-refractivity contribution in [2.45, 2.75) is 45.0 Å². The number of alkyl halides is 6. The Morgan fingerprint density at radius 1 is 0.692 bits per heavy atom. The van der Waals surface area contributed by atoms with E-state index in [1.54, 1.807) is 12.1 Å². The van der Waals surface area contributed by atoms with Gasteiger partial charge in [-0.3, -0.25) is 9.13 Å². The number of methoxy groups -OCH3 is 2. The van der Waals surface area contributed by atoms with Crippen LogP contribution in [0.2, 0.25) is 0 Å². The van der Waals surface area contributed by atoms with Gasteiger partial charge in [-0.05, 0) is 49.4 Å². The van der Waals surface area contributed by atoms with E-state index in [1.165, 1.54) is 76.1 Å². The highest BCUT2D eigenvalue weighted by molar-refractivity contribution is 5.80. The van der Waals surface area contributed by atoms with Crippen LogP contribution in [0.4, 0.5) is 38.0 Å². The summed E-state index contributed by atoms with van der Waals surface area (Å²) >= 11 is 0. The van der Waals surface area contributed by atoms with E-state index in [1.807, 2.05) is 0 Å². The van der Waals surface area contributed by atoms with Crippen LogP contribution in [0.5, 0.6) is 11.5 Å². The summed E-state index contributed by atoms with van der Waals surface area (Å²) in [7, 11) is 2.89. The van der Waals surface area contributed by atoms with Crippen LogP contribution in [0.1, 0.15) is 44.3 Å². The van der Waals surface area contributed by atoms with Gasteiger partial charge >= 0.3 is 12.4 Å². The van der Waals surface area contributed by atoms with Gasteiger partial charge in [-0.15, -0.1) is 0 Å². The Labute approximate surface area is 293 Å². The van der Waals surface area contributed by atoms with Crippen molar-refractivity contribution in [3.8, 4) is 23.1 Å². The number of halogens is 6. The van der Waals surface area contributed by atoms with Gasteiger partial charge in [0, 0.05) is 25.2 Å². The van der Waals surface area contributed by atoms with Crippen molar-refractivity contribution in [2.75, 3.05) is 37.9 Å². The van der Waals surface area contributed by atoms with E-state index in [9.17, 15) is 26.3 Å². The Bertz CT molecular complexity index is 2130. The van der Waals surface area contributed by atoms with E-state index < -0.39 is 24.0 Å². The number of hydrogen-bond acceptors (Lipinski definition) is 10. The molecule has 274 valence electrons. The Morgan fingerprint density at radius 3 is 1.56 bits per heavy atom. The van der Waals surface area contributed by atoms with E-state index in [0.717, 1.165) is 35.1 Å². The summed E-state index contributed by atoms with van der Waals surface area (Å²) in [6.07, 6.45) is 0.588. The van der Waals surface area contributed by atoms with Gasteiger partial charge in [0.15, 0.2) is 11.6 Å². The topological polar surface area (TPSA) is 130 Å². The molecule has 52 heavy (non-hydrogen) atoms. The second kappa shape index (κ2) is 14.9. The van der Waals surface area contributed by atoms with Crippen molar-refractivity contribution in [3.05, 3.63) is 72.8 Å². The number of benzene rings is 2. The average molecular weight is 729 g/mol. The Balaban J connectivity index is 0.000000179. The number of imidazole rings is 2. The zero-order chi connectivity index (χ0) is 37.0. The number of nitrogens with one attached hydrogen (secondary N) is 2. The van der Waals surface area contributed by atoms with Gasteiger partial charge in [-0.1, -0.05) is 13.3 Å². The predicted molar refractivity (Wildman–Crippen MR) is 181 cm³/mol. The standard InChI is InChI=1S/C17H16F3N5O.C17H18F3N5O/c1-26-11-4-5-13-12(6-11)24-16(17(18,19)20)25(13)15-9-22-14(8-23-15)21-7-10-2-3-10;1-3-4-7-21-14-9-23-15(10-22-14)25-13-6-5-11(26-2)8-12(13)24-16(25)17(18,19)20/h4-6,8-10H,2-3,7H2,1H3,(H,21,22);5-6,8-10H,3-4,7H2,1-2H3,(H,21,22). The lowest BCUT2D eigenvalue weighted by Gasteiger charge is -2.11. The maximum absolute atomic E-state index is 13.5. The molecule has 0 unspecified atom stereocenters. The number of rotatable bonds is 11. The molecule has 0 radical (unpaired) electrons. The average Bonchev–Trinajstić information content (AvgIpc) is 3.75. The molecular formula is C34H34F6N10O2. The van der Waals surface area contributed by atoms with Crippen molar-refractivity contribution in [2.24, 2.45) is 5.92 Å². The molecule has 4 heterocycles. The Kier molecular flexibility index (Phi) is 10.3. The van der Waals surface area contributed by atoms with Gasteiger partial charge in [-0.2, -0.15) is 26.3 Å². The molecule has 1 aliphatic rings. The Hall–Kier alpha value is -5.68. The predicted octanol–water partition coefficient (Wildman–Crippen LogP) is 7.72. The summed E-state index contributed by atoms with van der Waals surface area (Å²) in [4.78, 5) is 24.1. The number of hydrogen-bond donors (Lipinski definition) is 2. The van der Waals surface area contributed by atoms with Gasteiger partial charge in [-0.25, -0.2) is 29.9 Å². The Morgan fingerprint density at radius 2 is 1.17 bits per heavy atom. The first kappa shape index (κ1) is 36.1. The molecule has 2 N–H and O–H groups in total. The first-order valence-electron chi connectivity index (χ1n) is 16.3. The first-order valence-corrected chi connectivity index (χ1v) is 16.3. The van der Waals surface area contributed by atoms with Crippen LogP contribution >= 0.6 is 0 Å². The lowest BCUT2D eigenvalue weighted by Crippen LogP contribution is -2.15. The second-order valence-electron chi connectivity index (χ2n) is 11.9. The van der Waals surface area contributed by atoms with E-state index in [2.05, 4.69) is 47.5 Å². The highest BCUT2D eigenvalue weighted by atomic mass is 19.4. The highest BCUT2D eigenvalue weighted by Crippen LogP contribution is 2.36. The van der Waals surface area contributed by atoms with Crippen molar-refractivity contribution in [1.29, 1.82) is 0 Å². The van der Waals surface area contributed by atoms with Crippen LogP contribution in [-0.2, 0) is 12.4 Å². The van der Waals surface area contributed by atoms with Gasteiger partial charge in [0.05, 0.1) is 61.1 Å². The molecule has 0 amide bonds. The number of fused-ring (bicyclic) bond motifs is 2. The van der Waals surface area contributed by atoms with Crippen molar-refractivity contribution >= 4 is 33.7 Å². The summed E-state index contributed by atoms with van der Waals surface area (Å²) in [6, 6.07) is 9.12. The lowest BCUT2D eigenvalue weighted by atomic mass is 10.3.